The van der Waals surface area contributed by atoms with Crippen molar-refractivity contribution in [3.63, 3.8) is 0 Å². The van der Waals surface area contributed by atoms with Crippen LogP contribution in [0, 0.1) is 0 Å². The van der Waals surface area contributed by atoms with Gasteiger partial charge < -0.3 is 5.32 Å². The molecule has 0 aliphatic carbocycles. The molecule has 1 amide bonds. The Morgan fingerprint density at radius 2 is 2.27 bits per heavy atom. The molecule has 1 aliphatic heterocycles. The second-order valence-electron chi connectivity index (χ2n) is 3.89. The predicted molar refractivity (Wildman–Crippen MR) is 62.8 cm³/mol. The highest BCUT2D eigenvalue weighted by Crippen LogP contribution is 2.19. The summed E-state index contributed by atoms with van der Waals surface area (Å²) in [6.07, 6.45) is 5.77. The van der Waals surface area contributed by atoms with E-state index in [9.17, 15) is 9.59 Å². The molecule has 1 rings (SSSR count). The van der Waals surface area contributed by atoms with Crippen molar-refractivity contribution in [2.24, 2.45) is 0 Å². The molecule has 1 N–H and O–H groups in total. The van der Waals surface area contributed by atoms with Crippen molar-refractivity contribution in [1.82, 2.24) is 5.32 Å². The zero-order valence-corrected chi connectivity index (χ0v) is 10.1. The maximum absolute atomic E-state index is 11.4. The van der Waals surface area contributed by atoms with Crippen LogP contribution in [0.25, 0.3) is 0 Å². The van der Waals surface area contributed by atoms with Crippen molar-refractivity contribution in [3.8, 4) is 0 Å². The standard InChI is InChI=1S/C11H19NO2S/c1-2-3-4-5-6-10(13)12-9-7-8-15-11(9)14/h9H,2-8H2,1H3,(H,12,13)/t9-/m0/s1. The Balaban J connectivity index is 2.10. The molecule has 3 nitrogen and oxygen atoms in total. The molecule has 0 aromatic carbocycles. The quantitative estimate of drug-likeness (QED) is 0.709. The molecular formula is C11H19NO2S. The van der Waals surface area contributed by atoms with Gasteiger partial charge in [-0.05, 0) is 12.8 Å². The minimum atomic E-state index is -0.214. The number of rotatable bonds is 6. The normalized spacial score (nSPS) is 20.6. The van der Waals surface area contributed by atoms with Crippen LogP contribution in [-0.2, 0) is 9.59 Å². The predicted octanol–water partition coefficient (Wildman–Crippen LogP) is 2.11. The van der Waals surface area contributed by atoms with Crippen molar-refractivity contribution in [2.75, 3.05) is 5.75 Å². The Labute approximate surface area is 95.4 Å². The van der Waals surface area contributed by atoms with Crippen LogP contribution in [0.2, 0.25) is 0 Å². The SMILES string of the molecule is CCCCCCC(=O)N[C@H]1CCSC1=O. The summed E-state index contributed by atoms with van der Waals surface area (Å²) >= 11 is 1.33. The van der Waals surface area contributed by atoms with E-state index in [0.29, 0.717) is 6.42 Å². The Morgan fingerprint density at radius 3 is 2.87 bits per heavy atom. The number of nitrogens with one attached hydrogen (secondary N) is 1. The molecule has 1 aliphatic rings. The van der Waals surface area contributed by atoms with Crippen molar-refractivity contribution in [1.29, 1.82) is 0 Å². The molecular weight excluding hydrogens is 210 g/mol. The summed E-state index contributed by atoms with van der Waals surface area (Å²) in [5.41, 5.74) is 0. The zero-order valence-electron chi connectivity index (χ0n) is 9.25. The number of carbonyl (C=O) groups excluding carboxylic acids is 2. The molecule has 0 unspecified atom stereocenters. The minimum Gasteiger partial charge on any atom is -0.345 e. The topological polar surface area (TPSA) is 46.2 Å². The maximum Gasteiger partial charge on any atom is 0.220 e. The molecule has 4 heteroatoms. The fourth-order valence-corrected chi connectivity index (χ4v) is 2.54. The summed E-state index contributed by atoms with van der Waals surface area (Å²) in [5.74, 6) is 0.881. The first-order valence-corrected chi connectivity index (χ1v) is 6.68. The number of carbonyl (C=O) groups is 2. The first-order chi connectivity index (χ1) is 7.24. The third-order valence-electron chi connectivity index (χ3n) is 2.53. The number of hydrogen-bond acceptors (Lipinski definition) is 3. The Kier molecular flexibility index (Phi) is 5.76. The van der Waals surface area contributed by atoms with Gasteiger partial charge >= 0.3 is 0 Å². The summed E-state index contributed by atoms with van der Waals surface area (Å²) in [5, 5.41) is 2.92. The maximum atomic E-state index is 11.4. The van der Waals surface area contributed by atoms with Crippen LogP contribution in [0.15, 0.2) is 0 Å². The van der Waals surface area contributed by atoms with Crippen LogP contribution < -0.4 is 5.32 Å². The van der Waals surface area contributed by atoms with Crippen molar-refractivity contribution >= 4 is 22.8 Å². The number of thioether (sulfide) groups is 1. The van der Waals surface area contributed by atoms with Gasteiger partial charge in [0.15, 0.2) is 0 Å². The van der Waals surface area contributed by atoms with Crippen molar-refractivity contribution < 1.29 is 9.59 Å². The van der Waals surface area contributed by atoms with E-state index >= 15 is 0 Å². The zero-order chi connectivity index (χ0) is 11.1. The Bertz CT molecular complexity index is 231. The summed E-state index contributed by atoms with van der Waals surface area (Å²) in [4.78, 5) is 22.7. The van der Waals surface area contributed by atoms with E-state index < -0.39 is 0 Å². The van der Waals surface area contributed by atoms with Gasteiger partial charge in [0.05, 0.1) is 6.04 Å². The monoisotopic (exact) mass is 229 g/mol. The van der Waals surface area contributed by atoms with E-state index in [1.54, 1.807) is 0 Å². The molecule has 1 fully saturated rings. The van der Waals surface area contributed by atoms with E-state index in [-0.39, 0.29) is 17.1 Å². The van der Waals surface area contributed by atoms with Crippen molar-refractivity contribution in [3.05, 3.63) is 0 Å². The molecule has 1 saturated heterocycles. The molecule has 0 saturated carbocycles. The molecule has 0 bridgehead atoms. The van der Waals surface area contributed by atoms with E-state index in [0.717, 1.165) is 25.0 Å². The number of amides is 1. The van der Waals surface area contributed by atoms with Gasteiger partial charge in [-0.1, -0.05) is 37.9 Å². The van der Waals surface area contributed by atoms with E-state index in [2.05, 4.69) is 12.2 Å². The van der Waals surface area contributed by atoms with Gasteiger partial charge in [0.1, 0.15) is 0 Å². The van der Waals surface area contributed by atoms with Crippen LogP contribution in [0.5, 0.6) is 0 Å². The highest BCUT2D eigenvalue weighted by atomic mass is 32.2. The second kappa shape index (κ2) is 6.88. The van der Waals surface area contributed by atoms with Gasteiger partial charge in [0.25, 0.3) is 0 Å². The fourth-order valence-electron chi connectivity index (χ4n) is 1.61. The molecule has 86 valence electrons. The molecule has 15 heavy (non-hydrogen) atoms. The first-order valence-electron chi connectivity index (χ1n) is 5.70. The van der Waals surface area contributed by atoms with Crippen LogP contribution in [-0.4, -0.2) is 22.8 Å². The average Bonchev–Trinajstić information content (AvgIpc) is 2.59. The highest BCUT2D eigenvalue weighted by molar-refractivity contribution is 8.14. The van der Waals surface area contributed by atoms with Gasteiger partial charge in [-0.15, -0.1) is 0 Å². The van der Waals surface area contributed by atoms with Crippen LogP contribution in [0.4, 0.5) is 0 Å². The third kappa shape index (κ3) is 4.69. The summed E-state index contributed by atoms with van der Waals surface area (Å²) in [6, 6.07) is -0.214. The highest BCUT2D eigenvalue weighted by Gasteiger charge is 2.26. The average molecular weight is 229 g/mol. The minimum absolute atomic E-state index is 0.0342. The lowest BCUT2D eigenvalue weighted by Gasteiger charge is -2.09. The smallest absolute Gasteiger partial charge is 0.220 e. The molecule has 0 aromatic rings. The summed E-state index contributed by atoms with van der Waals surface area (Å²) in [6.45, 7) is 2.15. The molecule has 0 radical (unpaired) electrons. The van der Waals surface area contributed by atoms with Gasteiger partial charge in [0.2, 0.25) is 11.0 Å². The molecule has 0 aromatic heterocycles. The van der Waals surface area contributed by atoms with Crippen LogP contribution in [0.1, 0.15) is 45.4 Å². The van der Waals surface area contributed by atoms with Gasteiger partial charge in [0, 0.05) is 12.2 Å². The molecule has 1 atom stereocenters. The lowest BCUT2D eigenvalue weighted by molar-refractivity contribution is -0.124. The van der Waals surface area contributed by atoms with Gasteiger partial charge in [-0.25, -0.2) is 0 Å². The van der Waals surface area contributed by atoms with E-state index in [4.69, 9.17) is 0 Å². The van der Waals surface area contributed by atoms with Gasteiger partial charge in [-0.2, -0.15) is 0 Å². The second-order valence-corrected chi connectivity index (χ2v) is 4.99. The first kappa shape index (κ1) is 12.6. The fraction of sp³-hybridized carbons (Fsp3) is 0.818. The summed E-state index contributed by atoms with van der Waals surface area (Å²) < 4.78 is 0. The van der Waals surface area contributed by atoms with Crippen LogP contribution >= 0.6 is 11.8 Å². The van der Waals surface area contributed by atoms with E-state index in [1.807, 2.05) is 0 Å². The lowest BCUT2D eigenvalue weighted by Crippen LogP contribution is -2.36. The molecule has 0 spiro atoms. The molecule has 1 heterocycles. The number of unbranched alkanes of at least 4 members (excludes halogenated alkanes) is 3. The number of hydrogen-bond donors (Lipinski definition) is 1. The largest absolute Gasteiger partial charge is 0.345 e. The Hall–Kier alpha value is -0.510. The Morgan fingerprint density at radius 1 is 1.47 bits per heavy atom. The van der Waals surface area contributed by atoms with Gasteiger partial charge in [-0.3, -0.25) is 9.59 Å². The van der Waals surface area contributed by atoms with Crippen LogP contribution in [0.3, 0.4) is 0 Å². The third-order valence-corrected chi connectivity index (χ3v) is 3.54. The van der Waals surface area contributed by atoms with Crippen molar-refractivity contribution in [2.45, 2.75) is 51.5 Å². The lowest BCUT2D eigenvalue weighted by atomic mass is 10.1. The summed E-state index contributed by atoms with van der Waals surface area (Å²) in [7, 11) is 0. The van der Waals surface area contributed by atoms with E-state index in [1.165, 1.54) is 24.6 Å².